The molecule has 2 aromatic heterocycles. The van der Waals surface area contributed by atoms with Crippen LogP contribution in [0.25, 0.3) is 116 Å². The molecule has 0 radical (unpaired) electrons. The van der Waals surface area contributed by atoms with E-state index in [9.17, 15) is 0 Å². The lowest BCUT2D eigenvalue weighted by Crippen LogP contribution is -1.91. The zero-order chi connectivity index (χ0) is 35.9. The molecule has 0 amide bonds. The predicted octanol–water partition coefficient (Wildman–Crippen LogP) is 15.3. The zero-order valence-corrected chi connectivity index (χ0v) is 30.0. The van der Waals surface area contributed by atoms with E-state index in [1.165, 1.54) is 71.3 Å². The third-order valence-corrected chi connectivity index (χ3v) is 11.4. The maximum absolute atomic E-state index is 6.43. The number of para-hydroxylation sites is 1. The number of fused-ring (bicyclic) bond motifs is 11. The highest BCUT2D eigenvalue weighted by atomic mass is 16.4. The van der Waals surface area contributed by atoms with Gasteiger partial charge in [-0.25, -0.2) is 0 Å². The summed E-state index contributed by atoms with van der Waals surface area (Å²) in [5, 5.41) is 12.0. The van der Waals surface area contributed by atoms with Gasteiger partial charge in [-0.05, 0) is 145 Å². The van der Waals surface area contributed by atoms with E-state index < -0.39 is 0 Å². The highest BCUT2D eigenvalue weighted by Gasteiger charge is 2.17. The Hall–Kier alpha value is -6.90. The molecule has 0 fully saturated rings. The maximum Gasteiger partial charge on any atom is 0.178 e. The lowest BCUT2D eigenvalue weighted by atomic mass is 9.88. The monoisotopic (exact) mass is 690 g/mol. The average Bonchev–Trinajstić information content (AvgIpc) is 3.80. The van der Waals surface area contributed by atoms with E-state index in [2.05, 4.69) is 166 Å². The van der Waals surface area contributed by atoms with Crippen molar-refractivity contribution in [1.29, 1.82) is 0 Å². The summed E-state index contributed by atoms with van der Waals surface area (Å²) in [6.07, 6.45) is 4.42. The van der Waals surface area contributed by atoms with Crippen molar-refractivity contribution in [2.75, 3.05) is 0 Å². The number of hydrogen-bond acceptors (Lipinski definition) is 2. The van der Waals surface area contributed by atoms with Gasteiger partial charge in [0.25, 0.3) is 0 Å². The van der Waals surface area contributed by atoms with Crippen molar-refractivity contribution in [2.45, 2.75) is 13.8 Å². The quantitative estimate of drug-likeness (QED) is 0.172. The Bertz CT molecular complexity index is 3350. The number of allylic oxidation sites excluding steroid dienone is 1. The Morgan fingerprint density at radius 1 is 0.370 bits per heavy atom. The van der Waals surface area contributed by atoms with E-state index in [0.29, 0.717) is 0 Å². The zero-order valence-electron chi connectivity index (χ0n) is 30.0. The number of furan rings is 2. The fourth-order valence-corrected chi connectivity index (χ4v) is 8.62. The molecule has 254 valence electrons. The van der Waals surface area contributed by atoms with Gasteiger partial charge in [0.15, 0.2) is 11.2 Å². The molecule has 2 heteroatoms. The first-order valence-corrected chi connectivity index (χ1v) is 18.6. The van der Waals surface area contributed by atoms with Gasteiger partial charge in [-0.15, -0.1) is 0 Å². The molecule has 0 atom stereocenters. The van der Waals surface area contributed by atoms with Gasteiger partial charge in [0, 0.05) is 21.5 Å². The summed E-state index contributed by atoms with van der Waals surface area (Å²) in [5.74, 6) is 0. The highest BCUT2D eigenvalue weighted by Crippen LogP contribution is 2.41. The molecule has 0 unspecified atom stereocenters. The summed E-state index contributed by atoms with van der Waals surface area (Å²) < 4.78 is 12.7. The van der Waals surface area contributed by atoms with Gasteiger partial charge in [-0.1, -0.05) is 115 Å². The van der Waals surface area contributed by atoms with Crippen molar-refractivity contribution < 1.29 is 8.83 Å². The summed E-state index contributed by atoms with van der Waals surface area (Å²) >= 11 is 0. The lowest BCUT2D eigenvalue weighted by molar-refractivity contribution is 0.633. The van der Waals surface area contributed by atoms with Crippen LogP contribution in [0.3, 0.4) is 0 Å². The normalized spacial score (nSPS) is 12.2. The van der Waals surface area contributed by atoms with Crippen LogP contribution < -0.4 is 0 Å². The fraction of sp³-hybridized carbons (Fsp3) is 0.0385. The second-order valence-electron chi connectivity index (χ2n) is 14.4. The van der Waals surface area contributed by atoms with E-state index in [-0.39, 0.29) is 0 Å². The standard InChI is InChI=1S/C52H34O2/c1-3-9-40-31(2)46-28-37(18-21-41(46)42-22-19-38(29-47(40)42)36-17-16-32-10-4-5-11-33(32)26-36)34-12-8-13-35(27-34)39-20-25-50-48(30-39)45-24-23-44-43-14-6-7-15-49(43)53-51(44)52(45)54-50/h3-30H,1-2H3/b9-3-. The summed E-state index contributed by atoms with van der Waals surface area (Å²) in [4.78, 5) is 0. The van der Waals surface area contributed by atoms with Crippen LogP contribution in [0.5, 0.6) is 0 Å². The number of benzene rings is 9. The molecule has 11 aromatic rings. The molecule has 0 aliphatic rings. The van der Waals surface area contributed by atoms with Crippen molar-refractivity contribution in [2.24, 2.45) is 0 Å². The molecule has 9 aromatic carbocycles. The average molecular weight is 691 g/mol. The molecule has 0 N–H and O–H groups in total. The first-order valence-electron chi connectivity index (χ1n) is 18.6. The van der Waals surface area contributed by atoms with Crippen LogP contribution in [0, 0.1) is 6.92 Å². The van der Waals surface area contributed by atoms with Crippen LogP contribution in [0.15, 0.2) is 173 Å². The van der Waals surface area contributed by atoms with Gasteiger partial charge in [0.05, 0.1) is 0 Å². The Labute approximate surface area is 312 Å². The Balaban J connectivity index is 1.00. The van der Waals surface area contributed by atoms with Crippen LogP contribution in [0.2, 0.25) is 0 Å². The molecular formula is C52H34O2. The molecule has 0 bridgehead atoms. The van der Waals surface area contributed by atoms with Gasteiger partial charge < -0.3 is 8.83 Å². The number of rotatable bonds is 4. The number of hydrogen-bond donors (Lipinski definition) is 0. The summed E-state index contributed by atoms with van der Waals surface area (Å²) in [6, 6.07) is 57.1. The molecule has 2 heterocycles. The third-order valence-electron chi connectivity index (χ3n) is 11.4. The highest BCUT2D eigenvalue weighted by molar-refractivity contribution is 6.19. The maximum atomic E-state index is 6.43. The first kappa shape index (κ1) is 30.7. The molecule has 0 saturated heterocycles. The first-order chi connectivity index (χ1) is 26.6. The van der Waals surface area contributed by atoms with Crippen molar-refractivity contribution in [3.05, 3.63) is 175 Å². The largest absolute Gasteiger partial charge is 0.452 e. The molecular weight excluding hydrogens is 657 g/mol. The van der Waals surface area contributed by atoms with Crippen molar-refractivity contribution in [1.82, 2.24) is 0 Å². The molecule has 54 heavy (non-hydrogen) atoms. The Morgan fingerprint density at radius 3 is 1.67 bits per heavy atom. The van der Waals surface area contributed by atoms with Gasteiger partial charge in [0.2, 0.25) is 0 Å². The second-order valence-corrected chi connectivity index (χ2v) is 14.4. The third kappa shape index (κ3) is 4.67. The van der Waals surface area contributed by atoms with Crippen molar-refractivity contribution >= 4 is 82.3 Å². The molecule has 0 saturated carbocycles. The summed E-state index contributed by atoms with van der Waals surface area (Å²) in [5.41, 5.74) is 13.1. The van der Waals surface area contributed by atoms with E-state index in [1.54, 1.807) is 0 Å². The molecule has 11 rings (SSSR count). The van der Waals surface area contributed by atoms with Crippen LogP contribution in [-0.2, 0) is 0 Å². The molecule has 2 nitrogen and oxygen atoms in total. The smallest absolute Gasteiger partial charge is 0.178 e. The van der Waals surface area contributed by atoms with Crippen molar-refractivity contribution in [3.63, 3.8) is 0 Å². The van der Waals surface area contributed by atoms with E-state index in [0.717, 1.165) is 49.4 Å². The fourth-order valence-electron chi connectivity index (χ4n) is 8.62. The van der Waals surface area contributed by atoms with E-state index in [1.807, 2.05) is 18.2 Å². The SMILES string of the molecule is C/C=C\c1c(C)c2cc(-c3cccc(-c4ccc5oc6c(ccc7c8ccccc8oc76)c5c4)c3)ccc2c2ccc(-c3ccc4ccccc4c3)cc12. The van der Waals surface area contributed by atoms with Gasteiger partial charge in [-0.3, -0.25) is 0 Å². The number of aryl methyl sites for hydroxylation is 1. The predicted molar refractivity (Wildman–Crippen MR) is 229 cm³/mol. The van der Waals surface area contributed by atoms with Crippen LogP contribution >= 0.6 is 0 Å². The van der Waals surface area contributed by atoms with Gasteiger partial charge >= 0.3 is 0 Å². The second kappa shape index (κ2) is 11.8. The van der Waals surface area contributed by atoms with Crippen molar-refractivity contribution in [3.8, 4) is 33.4 Å². The minimum Gasteiger partial charge on any atom is -0.452 e. The van der Waals surface area contributed by atoms with Gasteiger partial charge in [0.1, 0.15) is 11.2 Å². The summed E-state index contributed by atoms with van der Waals surface area (Å²) in [6.45, 7) is 4.37. The van der Waals surface area contributed by atoms with Gasteiger partial charge in [-0.2, -0.15) is 0 Å². The van der Waals surface area contributed by atoms with E-state index >= 15 is 0 Å². The molecule has 0 aliphatic carbocycles. The van der Waals surface area contributed by atoms with Crippen LogP contribution in [-0.4, -0.2) is 0 Å². The topological polar surface area (TPSA) is 26.3 Å². The Morgan fingerprint density at radius 2 is 0.907 bits per heavy atom. The minimum absolute atomic E-state index is 0.797. The minimum atomic E-state index is 0.797. The lowest BCUT2D eigenvalue weighted by Gasteiger charge is -2.16. The summed E-state index contributed by atoms with van der Waals surface area (Å²) in [7, 11) is 0. The molecule has 0 spiro atoms. The molecule has 0 aliphatic heterocycles. The van der Waals surface area contributed by atoms with Crippen LogP contribution in [0.1, 0.15) is 18.1 Å². The van der Waals surface area contributed by atoms with Crippen LogP contribution in [0.4, 0.5) is 0 Å². The van der Waals surface area contributed by atoms with E-state index in [4.69, 9.17) is 8.83 Å². The Kier molecular flexibility index (Phi) is 6.72.